The Labute approximate surface area is 146 Å². The van der Waals surface area contributed by atoms with Crippen LogP contribution in [0.4, 0.5) is 5.69 Å². The molecule has 1 amide bonds. The SMILES string of the molecule is CCOc1ccc(-c2cc(C(=O)Nc3ccc(C)cc3C)no2)cc1. The minimum atomic E-state index is -0.298. The van der Waals surface area contributed by atoms with Crippen LogP contribution in [0.2, 0.25) is 0 Å². The normalized spacial score (nSPS) is 10.5. The first-order chi connectivity index (χ1) is 12.1. The van der Waals surface area contributed by atoms with Crippen molar-refractivity contribution in [2.24, 2.45) is 0 Å². The Morgan fingerprint density at radius 1 is 1.12 bits per heavy atom. The summed E-state index contributed by atoms with van der Waals surface area (Å²) >= 11 is 0. The van der Waals surface area contributed by atoms with Crippen molar-refractivity contribution in [3.8, 4) is 17.1 Å². The topological polar surface area (TPSA) is 64.4 Å². The van der Waals surface area contributed by atoms with Gasteiger partial charge in [-0.15, -0.1) is 0 Å². The van der Waals surface area contributed by atoms with Crippen LogP contribution in [-0.2, 0) is 0 Å². The van der Waals surface area contributed by atoms with Crippen LogP contribution in [-0.4, -0.2) is 17.7 Å². The number of nitrogens with one attached hydrogen (secondary N) is 1. The van der Waals surface area contributed by atoms with Gasteiger partial charge in [0.15, 0.2) is 11.5 Å². The molecule has 2 aromatic carbocycles. The van der Waals surface area contributed by atoms with Gasteiger partial charge < -0.3 is 14.6 Å². The minimum Gasteiger partial charge on any atom is -0.494 e. The van der Waals surface area contributed by atoms with Crippen molar-refractivity contribution in [3.05, 3.63) is 65.4 Å². The van der Waals surface area contributed by atoms with E-state index >= 15 is 0 Å². The molecular weight excluding hydrogens is 316 g/mol. The third-order valence-electron chi connectivity index (χ3n) is 3.82. The number of carbonyl (C=O) groups excluding carboxylic acids is 1. The van der Waals surface area contributed by atoms with Gasteiger partial charge in [0.2, 0.25) is 0 Å². The van der Waals surface area contributed by atoms with Crippen molar-refractivity contribution in [3.63, 3.8) is 0 Å². The van der Waals surface area contributed by atoms with Crippen molar-refractivity contribution in [2.75, 3.05) is 11.9 Å². The standard InChI is InChI=1S/C20H20N2O3/c1-4-24-16-8-6-15(7-9-16)19-12-18(22-25-19)20(23)21-17-10-5-13(2)11-14(17)3/h5-12H,4H2,1-3H3,(H,21,23). The van der Waals surface area contributed by atoms with E-state index in [0.717, 1.165) is 28.1 Å². The van der Waals surface area contributed by atoms with Gasteiger partial charge in [0, 0.05) is 17.3 Å². The maximum atomic E-state index is 12.4. The van der Waals surface area contributed by atoms with Crippen LogP contribution in [0.5, 0.6) is 5.75 Å². The van der Waals surface area contributed by atoms with Crippen LogP contribution in [0.15, 0.2) is 53.1 Å². The lowest BCUT2D eigenvalue weighted by Crippen LogP contribution is -2.13. The van der Waals surface area contributed by atoms with Crippen LogP contribution < -0.4 is 10.1 Å². The zero-order valence-electron chi connectivity index (χ0n) is 14.5. The molecule has 0 aliphatic heterocycles. The van der Waals surface area contributed by atoms with Gasteiger partial charge in [-0.1, -0.05) is 22.9 Å². The number of rotatable bonds is 5. The first-order valence-electron chi connectivity index (χ1n) is 8.15. The Kier molecular flexibility index (Phi) is 4.84. The maximum absolute atomic E-state index is 12.4. The summed E-state index contributed by atoms with van der Waals surface area (Å²) in [6.07, 6.45) is 0. The third-order valence-corrected chi connectivity index (χ3v) is 3.82. The Morgan fingerprint density at radius 2 is 1.88 bits per heavy atom. The molecule has 1 N–H and O–H groups in total. The number of amides is 1. The summed E-state index contributed by atoms with van der Waals surface area (Å²) in [6, 6.07) is 15.0. The minimum absolute atomic E-state index is 0.240. The zero-order chi connectivity index (χ0) is 17.8. The molecule has 1 aromatic heterocycles. The molecule has 0 saturated heterocycles. The molecule has 0 fully saturated rings. The number of aryl methyl sites for hydroxylation is 2. The van der Waals surface area contributed by atoms with E-state index in [1.165, 1.54) is 0 Å². The number of nitrogens with zero attached hydrogens (tertiary/aromatic N) is 1. The monoisotopic (exact) mass is 336 g/mol. The number of benzene rings is 2. The van der Waals surface area contributed by atoms with Gasteiger partial charge in [-0.05, 0) is 56.7 Å². The molecule has 128 valence electrons. The maximum Gasteiger partial charge on any atom is 0.277 e. The van der Waals surface area contributed by atoms with Crippen molar-refractivity contribution in [1.82, 2.24) is 5.16 Å². The fourth-order valence-corrected chi connectivity index (χ4v) is 2.54. The zero-order valence-corrected chi connectivity index (χ0v) is 14.5. The van der Waals surface area contributed by atoms with E-state index in [1.54, 1.807) is 6.07 Å². The van der Waals surface area contributed by atoms with Crippen LogP contribution in [0.1, 0.15) is 28.5 Å². The molecule has 0 radical (unpaired) electrons. The van der Waals surface area contributed by atoms with Gasteiger partial charge in [-0.3, -0.25) is 4.79 Å². The van der Waals surface area contributed by atoms with Gasteiger partial charge in [-0.2, -0.15) is 0 Å². The molecule has 1 heterocycles. The summed E-state index contributed by atoms with van der Waals surface area (Å²) in [6.45, 7) is 6.52. The number of hydrogen-bond donors (Lipinski definition) is 1. The van der Waals surface area contributed by atoms with Gasteiger partial charge in [0.25, 0.3) is 5.91 Å². The molecule has 0 spiro atoms. The molecule has 0 saturated carbocycles. The lowest BCUT2D eigenvalue weighted by atomic mass is 10.1. The molecule has 5 nitrogen and oxygen atoms in total. The second kappa shape index (κ2) is 7.21. The molecule has 25 heavy (non-hydrogen) atoms. The summed E-state index contributed by atoms with van der Waals surface area (Å²) in [5.41, 5.74) is 3.99. The quantitative estimate of drug-likeness (QED) is 0.739. The van der Waals surface area contributed by atoms with E-state index in [2.05, 4.69) is 10.5 Å². The van der Waals surface area contributed by atoms with E-state index in [4.69, 9.17) is 9.26 Å². The lowest BCUT2D eigenvalue weighted by molar-refractivity contribution is 0.101. The molecule has 0 unspecified atom stereocenters. The van der Waals surface area contributed by atoms with Gasteiger partial charge in [-0.25, -0.2) is 0 Å². The summed E-state index contributed by atoms with van der Waals surface area (Å²) in [7, 11) is 0. The highest BCUT2D eigenvalue weighted by Gasteiger charge is 2.15. The smallest absolute Gasteiger partial charge is 0.277 e. The van der Waals surface area contributed by atoms with Crippen LogP contribution in [0, 0.1) is 13.8 Å². The Hall–Kier alpha value is -3.08. The third kappa shape index (κ3) is 3.88. The number of carbonyl (C=O) groups is 1. The van der Waals surface area contributed by atoms with Gasteiger partial charge in [0.05, 0.1) is 6.61 Å². The predicted octanol–water partition coefficient (Wildman–Crippen LogP) is 4.61. The second-order valence-electron chi connectivity index (χ2n) is 5.81. The lowest BCUT2D eigenvalue weighted by Gasteiger charge is -2.07. The molecule has 0 aliphatic rings. The molecule has 5 heteroatoms. The molecule has 3 rings (SSSR count). The number of hydrogen-bond acceptors (Lipinski definition) is 4. The summed E-state index contributed by atoms with van der Waals surface area (Å²) < 4.78 is 10.7. The predicted molar refractivity (Wildman–Crippen MR) is 97.0 cm³/mol. The first-order valence-corrected chi connectivity index (χ1v) is 8.15. The van der Waals surface area contributed by atoms with Gasteiger partial charge in [0.1, 0.15) is 5.75 Å². The molecule has 0 atom stereocenters. The van der Waals surface area contributed by atoms with E-state index in [-0.39, 0.29) is 11.6 Å². The highest BCUT2D eigenvalue weighted by Crippen LogP contribution is 2.24. The first kappa shape index (κ1) is 16.8. The second-order valence-corrected chi connectivity index (χ2v) is 5.81. The van der Waals surface area contributed by atoms with Crippen molar-refractivity contribution in [1.29, 1.82) is 0 Å². The van der Waals surface area contributed by atoms with Crippen LogP contribution in [0.25, 0.3) is 11.3 Å². The highest BCUT2D eigenvalue weighted by molar-refractivity contribution is 6.03. The Balaban J connectivity index is 1.75. The fraction of sp³-hybridized carbons (Fsp3) is 0.200. The number of aromatic nitrogens is 1. The van der Waals surface area contributed by atoms with Crippen molar-refractivity contribution in [2.45, 2.75) is 20.8 Å². The average Bonchev–Trinajstić information content (AvgIpc) is 3.08. The van der Waals surface area contributed by atoms with Crippen LogP contribution >= 0.6 is 0 Å². The average molecular weight is 336 g/mol. The Morgan fingerprint density at radius 3 is 2.56 bits per heavy atom. The van der Waals surface area contributed by atoms with Crippen molar-refractivity contribution >= 4 is 11.6 Å². The van der Waals surface area contributed by atoms with E-state index < -0.39 is 0 Å². The summed E-state index contributed by atoms with van der Waals surface area (Å²) in [5.74, 6) is 1.03. The van der Waals surface area contributed by atoms with Crippen molar-refractivity contribution < 1.29 is 14.1 Å². The number of anilines is 1. The largest absolute Gasteiger partial charge is 0.494 e. The van der Waals surface area contributed by atoms with Crippen LogP contribution in [0.3, 0.4) is 0 Å². The Bertz CT molecular complexity index is 882. The molecular formula is C20H20N2O3. The number of ether oxygens (including phenoxy) is 1. The molecule has 0 bridgehead atoms. The van der Waals surface area contributed by atoms with E-state index in [0.29, 0.717) is 12.4 Å². The summed E-state index contributed by atoms with van der Waals surface area (Å²) in [5, 5.41) is 6.74. The highest BCUT2D eigenvalue weighted by atomic mass is 16.5. The van der Waals surface area contributed by atoms with E-state index in [9.17, 15) is 4.79 Å². The van der Waals surface area contributed by atoms with E-state index in [1.807, 2.05) is 63.2 Å². The summed E-state index contributed by atoms with van der Waals surface area (Å²) in [4.78, 5) is 12.4. The fourth-order valence-electron chi connectivity index (χ4n) is 2.54. The van der Waals surface area contributed by atoms with Gasteiger partial charge >= 0.3 is 0 Å². The molecule has 0 aliphatic carbocycles. The molecule has 3 aromatic rings.